The molecule has 2 saturated heterocycles. The van der Waals surface area contributed by atoms with Crippen molar-refractivity contribution in [1.82, 2.24) is 30.2 Å². The van der Waals surface area contributed by atoms with E-state index in [1.807, 2.05) is 58.0 Å². The topological polar surface area (TPSA) is 232 Å². The smallest absolute Gasteiger partial charge is 0.253 e. The molecular weight excluding hydrogens is 969 g/mol. The monoisotopic (exact) mass is 1050 g/mol. The molecule has 3 fully saturated rings. The van der Waals surface area contributed by atoms with Gasteiger partial charge in [-0.2, -0.15) is 0 Å². The minimum Gasteiger partial charge on any atom is -0.394 e. The van der Waals surface area contributed by atoms with Crippen molar-refractivity contribution in [2.24, 2.45) is 23.7 Å². The highest BCUT2D eigenvalue weighted by molar-refractivity contribution is 6.12. The van der Waals surface area contributed by atoms with Crippen molar-refractivity contribution in [1.29, 1.82) is 0 Å². The van der Waals surface area contributed by atoms with Gasteiger partial charge in [0.2, 0.25) is 29.5 Å². The third kappa shape index (κ3) is 16.8. The van der Waals surface area contributed by atoms with Crippen molar-refractivity contribution in [3.05, 3.63) is 48.0 Å². The van der Waals surface area contributed by atoms with Crippen LogP contribution in [-0.2, 0) is 68.4 Å². The SMILES string of the molecule is CC[C@H](C)[C@@H]([C@@H](CC(=O)N1CCC[C@H]1[C@H](OC)[C@@H](C)C(=O)N[C@H](CO)Cc1ccccc1)OC)N(C)C(=O)[C@@H](NC(=O)[C@@H]1[C@H]2CC[C@H](C2)N1C(=O)CCOCCOCCOCCOCCN1C(=O)C=CC1=O)C(C)C. The highest BCUT2D eigenvalue weighted by Crippen LogP contribution is 2.43. The summed E-state index contributed by atoms with van der Waals surface area (Å²) in [5.74, 6) is -3.05. The van der Waals surface area contributed by atoms with Crippen molar-refractivity contribution < 1.29 is 67.1 Å². The lowest BCUT2D eigenvalue weighted by molar-refractivity contribution is -0.149. The maximum absolute atomic E-state index is 14.7. The Morgan fingerprint density at radius 1 is 0.800 bits per heavy atom. The first kappa shape index (κ1) is 61.0. The van der Waals surface area contributed by atoms with E-state index in [1.165, 1.54) is 12.2 Å². The van der Waals surface area contributed by atoms with Gasteiger partial charge >= 0.3 is 0 Å². The van der Waals surface area contributed by atoms with Crippen LogP contribution in [-0.4, -0.2) is 208 Å². The van der Waals surface area contributed by atoms with Gasteiger partial charge in [0, 0.05) is 46.0 Å². The zero-order valence-corrected chi connectivity index (χ0v) is 45.7. The summed E-state index contributed by atoms with van der Waals surface area (Å²) in [5, 5.41) is 16.2. The summed E-state index contributed by atoms with van der Waals surface area (Å²) in [6.45, 7) is 12.3. The molecule has 1 saturated carbocycles. The highest BCUT2D eigenvalue weighted by atomic mass is 16.6. The number of nitrogens with zero attached hydrogens (tertiary/aromatic N) is 4. The molecule has 0 aromatic heterocycles. The molecule has 5 rings (SSSR count). The Kier molecular flexibility index (Phi) is 25.1. The number of nitrogens with one attached hydrogen (secondary N) is 2. The molecule has 0 unspecified atom stereocenters. The number of benzene rings is 1. The fraction of sp³-hybridized carbons (Fsp3) is 0.727. The van der Waals surface area contributed by atoms with Gasteiger partial charge < -0.3 is 58.9 Å². The van der Waals surface area contributed by atoms with E-state index in [2.05, 4.69) is 10.6 Å². The second kappa shape index (κ2) is 30.8. The van der Waals surface area contributed by atoms with Gasteiger partial charge in [-0.1, -0.05) is 71.4 Å². The zero-order chi connectivity index (χ0) is 54.6. The summed E-state index contributed by atoms with van der Waals surface area (Å²) in [4.78, 5) is 100. The molecule has 1 aromatic rings. The van der Waals surface area contributed by atoms with Gasteiger partial charge in [0.15, 0.2) is 0 Å². The molecule has 2 bridgehead atoms. The summed E-state index contributed by atoms with van der Waals surface area (Å²) in [6.07, 6.45) is 6.07. The van der Waals surface area contributed by atoms with Gasteiger partial charge in [-0.3, -0.25) is 38.5 Å². The molecule has 20 nitrogen and oxygen atoms in total. The van der Waals surface area contributed by atoms with E-state index < -0.39 is 42.3 Å². The van der Waals surface area contributed by atoms with Crippen LogP contribution >= 0.6 is 0 Å². The Hall–Kier alpha value is -4.83. The number of fused-ring (bicyclic) bond motifs is 2. The molecular formula is C55H86N6O14. The zero-order valence-electron chi connectivity index (χ0n) is 45.7. The molecule has 7 amide bonds. The standard InChI is InChI=1S/C55H86N6O14/c1-9-37(4)50(44(70-7)34-48(66)59-22-13-16-43(59)52(71-8)38(5)53(67)56-41(35-62)32-39-14-11-10-12-15-39)58(6)55(69)49(36(2)3)57-54(68)51-40-17-18-42(33-40)61(51)47(65)21-24-72-26-28-74-30-31-75-29-27-73-25-23-60-45(63)19-20-46(60)64/h10-12,14-15,19-20,36-38,40-44,49-52,62H,9,13,16-18,21-35H2,1-8H3,(H,56,67)(H,57,68)/t37-,38+,40-,41-,42+,43-,44+,49-,50-,51-,52+/m0/s1. The molecule has 1 aromatic carbocycles. The third-order valence-electron chi connectivity index (χ3n) is 15.5. The van der Waals surface area contributed by atoms with E-state index in [0.29, 0.717) is 58.8 Å². The largest absolute Gasteiger partial charge is 0.394 e. The Labute approximate surface area is 443 Å². The minimum absolute atomic E-state index is 0.0233. The fourth-order valence-electron chi connectivity index (χ4n) is 11.2. The summed E-state index contributed by atoms with van der Waals surface area (Å²) in [6, 6.07) is 6.53. The number of rotatable bonds is 34. The first-order valence-electron chi connectivity index (χ1n) is 27.1. The third-order valence-corrected chi connectivity index (χ3v) is 15.5. The van der Waals surface area contributed by atoms with Crippen LogP contribution in [0, 0.1) is 23.7 Å². The number of hydrogen-bond acceptors (Lipinski definition) is 14. The Morgan fingerprint density at radius 2 is 1.43 bits per heavy atom. The Balaban J connectivity index is 1.09. The van der Waals surface area contributed by atoms with E-state index in [-0.39, 0.29) is 117 Å². The van der Waals surface area contributed by atoms with E-state index in [1.54, 1.807) is 42.9 Å². The number of imide groups is 1. The number of likely N-dealkylation sites (tertiary alicyclic amines) is 2. The average molecular weight is 1060 g/mol. The number of likely N-dealkylation sites (N-methyl/N-ethyl adjacent to an activating group) is 1. The first-order chi connectivity index (χ1) is 36.1. The van der Waals surface area contributed by atoms with Gasteiger partial charge in [0.1, 0.15) is 12.1 Å². The van der Waals surface area contributed by atoms with Crippen molar-refractivity contribution in [2.45, 2.75) is 141 Å². The Morgan fingerprint density at radius 3 is 2.01 bits per heavy atom. The summed E-state index contributed by atoms with van der Waals surface area (Å²) < 4.78 is 34.3. The number of piperidine rings is 1. The van der Waals surface area contributed by atoms with Crippen molar-refractivity contribution in [3.8, 4) is 0 Å². The highest BCUT2D eigenvalue weighted by Gasteiger charge is 2.52. The van der Waals surface area contributed by atoms with E-state index in [9.17, 15) is 38.7 Å². The van der Waals surface area contributed by atoms with E-state index in [4.69, 9.17) is 28.4 Å². The van der Waals surface area contributed by atoms with Crippen LogP contribution in [0.1, 0.15) is 91.5 Å². The second-order valence-electron chi connectivity index (χ2n) is 20.7. The molecule has 75 heavy (non-hydrogen) atoms. The number of carbonyl (C=O) groups is 7. The van der Waals surface area contributed by atoms with Gasteiger partial charge in [-0.05, 0) is 61.8 Å². The summed E-state index contributed by atoms with van der Waals surface area (Å²) in [7, 11) is 4.79. The summed E-state index contributed by atoms with van der Waals surface area (Å²) >= 11 is 0. The van der Waals surface area contributed by atoms with Crippen LogP contribution in [0.5, 0.6) is 0 Å². The van der Waals surface area contributed by atoms with Crippen LogP contribution in [0.15, 0.2) is 42.5 Å². The number of aliphatic hydroxyl groups excluding tert-OH is 1. The van der Waals surface area contributed by atoms with Gasteiger partial charge in [-0.25, -0.2) is 0 Å². The lowest BCUT2D eigenvalue weighted by Crippen LogP contribution is -2.60. The van der Waals surface area contributed by atoms with Crippen molar-refractivity contribution in [3.63, 3.8) is 0 Å². The van der Waals surface area contributed by atoms with Crippen LogP contribution in [0.3, 0.4) is 0 Å². The number of hydrogen-bond donors (Lipinski definition) is 3. The number of amides is 7. The number of aliphatic hydroxyl groups is 1. The van der Waals surface area contributed by atoms with E-state index in [0.717, 1.165) is 36.1 Å². The van der Waals surface area contributed by atoms with Gasteiger partial charge in [0.05, 0.1) is 115 Å². The molecule has 0 spiro atoms. The molecule has 3 heterocycles. The molecule has 3 aliphatic heterocycles. The fourth-order valence-corrected chi connectivity index (χ4v) is 11.2. The Bertz CT molecular complexity index is 2030. The van der Waals surface area contributed by atoms with Crippen molar-refractivity contribution >= 4 is 41.4 Å². The number of carbonyl (C=O) groups excluding carboxylic acids is 7. The number of ether oxygens (including phenoxy) is 6. The van der Waals surface area contributed by atoms with Crippen LogP contribution in [0.2, 0.25) is 0 Å². The maximum atomic E-state index is 14.7. The lowest BCUT2D eigenvalue weighted by Gasteiger charge is -2.41. The molecule has 1 aliphatic carbocycles. The first-order valence-corrected chi connectivity index (χ1v) is 27.1. The van der Waals surface area contributed by atoms with Crippen molar-refractivity contribution in [2.75, 3.05) is 93.8 Å². The lowest BCUT2D eigenvalue weighted by atomic mass is 9.89. The minimum atomic E-state index is -0.916. The normalized spacial score (nSPS) is 22.1. The van der Waals surface area contributed by atoms with Crippen LogP contribution < -0.4 is 10.6 Å². The van der Waals surface area contributed by atoms with Gasteiger partial charge in [0.25, 0.3) is 11.8 Å². The molecule has 4 aliphatic rings. The predicted octanol–water partition coefficient (Wildman–Crippen LogP) is 2.53. The maximum Gasteiger partial charge on any atom is 0.253 e. The average Bonchev–Trinajstić information content (AvgIpc) is 4.24. The molecule has 420 valence electrons. The quantitative estimate of drug-likeness (QED) is 0.0666. The molecule has 11 atom stereocenters. The predicted molar refractivity (Wildman–Crippen MR) is 278 cm³/mol. The van der Waals surface area contributed by atoms with Crippen LogP contribution in [0.4, 0.5) is 0 Å². The van der Waals surface area contributed by atoms with Crippen LogP contribution in [0.25, 0.3) is 0 Å². The molecule has 0 radical (unpaired) electrons. The summed E-state index contributed by atoms with van der Waals surface area (Å²) in [5.41, 5.74) is 0.987. The van der Waals surface area contributed by atoms with Gasteiger partial charge in [-0.15, -0.1) is 0 Å². The molecule has 20 heteroatoms. The number of methoxy groups -OCH3 is 2. The molecule has 3 N–H and O–H groups in total. The second-order valence-corrected chi connectivity index (χ2v) is 20.7. The van der Waals surface area contributed by atoms with E-state index >= 15 is 0 Å².